The molecule has 170 valence electrons. The molecule has 5 rings (SSSR count). The van der Waals surface area contributed by atoms with Crippen molar-refractivity contribution in [2.75, 3.05) is 5.32 Å². The minimum Gasteiger partial charge on any atom is -0.339 e. The molecule has 2 N–H and O–H groups in total. The number of anilines is 1. The normalized spacial score (nSPS) is 17.1. The maximum Gasteiger partial charge on any atom is 0.251 e. The summed E-state index contributed by atoms with van der Waals surface area (Å²) in [5.41, 5.74) is 4.41. The summed E-state index contributed by atoms with van der Waals surface area (Å²) < 4.78 is 15.4. The molecular weight excluding hydrogens is 431 g/mol. The van der Waals surface area contributed by atoms with Gasteiger partial charge in [0, 0.05) is 17.0 Å². The number of carbonyl (C=O) groups excluding carboxylic acids is 2. The molecule has 2 heterocycles. The van der Waals surface area contributed by atoms with Gasteiger partial charge >= 0.3 is 0 Å². The fourth-order valence-electron chi connectivity index (χ4n) is 4.49. The van der Waals surface area contributed by atoms with E-state index in [1.807, 2.05) is 50.2 Å². The largest absolute Gasteiger partial charge is 0.339 e. The molecule has 0 unspecified atom stereocenters. The van der Waals surface area contributed by atoms with Crippen LogP contribution in [-0.4, -0.2) is 27.6 Å². The Hall–Kier alpha value is -4.26. The van der Waals surface area contributed by atoms with Gasteiger partial charge in [0.2, 0.25) is 5.91 Å². The number of amides is 2. The number of nitrogens with one attached hydrogen (secondary N) is 2. The first-order valence-electron chi connectivity index (χ1n) is 11.0. The standard InChI is InChI=1S/C27H23FN4O2/c1-16-7-6-8-19(15-16)26(33)29-24-23(18-11-13-20(28)14-12-18)22-17(2)31-32(25(22)30-27(24)34)21-9-4-3-5-10-21/h3-15,23-24H,1-2H3,(H,29,33)(H,30,34)/t23-,24-/m0/s1. The number of hydrogen-bond acceptors (Lipinski definition) is 3. The molecule has 2 atom stereocenters. The average molecular weight is 455 g/mol. The van der Waals surface area contributed by atoms with E-state index in [1.54, 1.807) is 35.0 Å². The second-order valence-corrected chi connectivity index (χ2v) is 8.43. The third kappa shape index (κ3) is 3.85. The minimum absolute atomic E-state index is 0.354. The Balaban J connectivity index is 1.62. The van der Waals surface area contributed by atoms with Crippen molar-refractivity contribution in [2.24, 2.45) is 0 Å². The molecule has 1 aliphatic rings. The van der Waals surface area contributed by atoms with Crippen molar-refractivity contribution in [3.05, 3.63) is 113 Å². The summed E-state index contributed by atoms with van der Waals surface area (Å²) in [6.45, 7) is 3.77. The zero-order chi connectivity index (χ0) is 23.8. The Morgan fingerprint density at radius 2 is 1.74 bits per heavy atom. The minimum atomic E-state index is -0.905. The van der Waals surface area contributed by atoms with Crippen LogP contribution in [0.1, 0.15) is 38.7 Å². The van der Waals surface area contributed by atoms with Crippen LogP contribution in [0, 0.1) is 19.7 Å². The van der Waals surface area contributed by atoms with Crippen molar-refractivity contribution in [3.63, 3.8) is 0 Å². The molecular formula is C27H23FN4O2. The van der Waals surface area contributed by atoms with Crippen LogP contribution in [0.3, 0.4) is 0 Å². The van der Waals surface area contributed by atoms with Gasteiger partial charge in [0.15, 0.2) is 0 Å². The van der Waals surface area contributed by atoms with Crippen molar-refractivity contribution in [1.82, 2.24) is 15.1 Å². The van der Waals surface area contributed by atoms with E-state index in [-0.39, 0.29) is 17.6 Å². The number of rotatable bonds is 4. The second kappa shape index (κ2) is 8.59. The van der Waals surface area contributed by atoms with Gasteiger partial charge < -0.3 is 10.6 Å². The lowest BCUT2D eigenvalue weighted by Gasteiger charge is -2.32. The van der Waals surface area contributed by atoms with E-state index in [2.05, 4.69) is 15.7 Å². The zero-order valence-electron chi connectivity index (χ0n) is 18.7. The number of benzene rings is 3. The van der Waals surface area contributed by atoms with Crippen LogP contribution in [0.15, 0.2) is 78.9 Å². The predicted molar refractivity (Wildman–Crippen MR) is 128 cm³/mol. The zero-order valence-corrected chi connectivity index (χ0v) is 18.7. The van der Waals surface area contributed by atoms with Crippen molar-refractivity contribution in [1.29, 1.82) is 0 Å². The van der Waals surface area contributed by atoms with E-state index < -0.39 is 12.0 Å². The summed E-state index contributed by atoms with van der Waals surface area (Å²) >= 11 is 0. The smallest absolute Gasteiger partial charge is 0.251 e. The molecule has 2 amide bonds. The van der Waals surface area contributed by atoms with E-state index in [0.29, 0.717) is 22.6 Å². The monoisotopic (exact) mass is 454 g/mol. The highest BCUT2D eigenvalue weighted by Crippen LogP contribution is 2.40. The molecule has 0 fully saturated rings. The molecule has 6 nitrogen and oxygen atoms in total. The first kappa shape index (κ1) is 21.6. The van der Waals surface area contributed by atoms with Crippen LogP contribution in [0.4, 0.5) is 10.2 Å². The molecule has 0 saturated heterocycles. The van der Waals surface area contributed by atoms with Crippen molar-refractivity contribution in [2.45, 2.75) is 25.8 Å². The molecule has 34 heavy (non-hydrogen) atoms. The number of para-hydroxylation sites is 1. The summed E-state index contributed by atoms with van der Waals surface area (Å²) in [6, 6.07) is 21.8. The number of aryl methyl sites for hydroxylation is 2. The SMILES string of the molecule is Cc1cccc(C(=O)N[C@@H]2C(=O)Nc3c(c(C)nn3-c3ccccc3)[C@@H]2c2ccc(F)cc2)c1. The van der Waals surface area contributed by atoms with Gasteiger partial charge in [-0.25, -0.2) is 9.07 Å². The number of aromatic nitrogens is 2. The molecule has 0 aliphatic carbocycles. The Bertz CT molecular complexity index is 1380. The van der Waals surface area contributed by atoms with Crippen LogP contribution < -0.4 is 10.6 Å². The molecule has 7 heteroatoms. The van der Waals surface area contributed by atoms with Crippen LogP contribution in [0.5, 0.6) is 0 Å². The van der Waals surface area contributed by atoms with Gasteiger partial charge in [-0.3, -0.25) is 9.59 Å². The molecule has 0 radical (unpaired) electrons. The summed E-state index contributed by atoms with van der Waals surface area (Å²) in [5, 5.41) is 10.5. The number of hydrogen-bond donors (Lipinski definition) is 2. The Kier molecular flexibility index (Phi) is 5.45. The highest BCUT2D eigenvalue weighted by atomic mass is 19.1. The molecule has 1 aliphatic heterocycles. The second-order valence-electron chi connectivity index (χ2n) is 8.43. The first-order chi connectivity index (χ1) is 16.4. The summed E-state index contributed by atoms with van der Waals surface area (Å²) in [5.74, 6) is -1.09. The van der Waals surface area contributed by atoms with E-state index in [9.17, 15) is 14.0 Å². The van der Waals surface area contributed by atoms with Gasteiger partial charge in [0.1, 0.15) is 17.7 Å². The number of halogens is 1. The van der Waals surface area contributed by atoms with Crippen molar-refractivity contribution in [3.8, 4) is 5.69 Å². The van der Waals surface area contributed by atoms with Gasteiger partial charge in [-0.2, -0.15) is 5.10 Å². The average Bonchev–Trinajstić information content (AvgIpc) is 3.16. The lowest BCUT2D eigenvalue weighted by atomic mass is 9.82. The fourth-order valence-corrected chi connectivity index (χ4v) is 4.49. The van der Waals surface area contributed by atoms with Crippen molar-refractivity contribution >= 4 is 17.6 Å². The lowest BCUT2D eigenvalue weighted by molar-refractivity contribution is -0.118. The maximum absolute atomic E-state index is 13.7. The molecule has 4 aromatic rings. The third-order valence-corrected chi connectivity index (χ3v) is 6.07. The van der Waals surface area contributed by atoms with Crippen LogP contribution >= 0.6 is 0 Å². The molecule has 0 saturated carbocycles. The van der Waals surface area contributed by atoms with Gasteiger partial charge in [-0.05, 0) is 55.8 Å². The van der Waals surface area contributed by atoms with E-state index >= 15 is 0 Å². The first-order valence-corrected chi connectivity index (χ1v) is 11.0. The molecule has 0 spiro atoms. The number of fused-ring (bicyclic) bond motifs is 1. The molecule has 0 bridgehead atoms. The van der Waals surface area contributed by atoms with E-state index in [1.165, 1.54) is 12.1 Å². The lowest BCUT2D eigenvalue weighted by Crippen LogP contribution is -2.50. The van der Waals surface area contributed by atoms with Crippen molar-refractivity contribution < 1.29 is 14.0 Å². The van der Waals surface area contributed by atoms with Crippen LogP contribution in [-0.2, 0) is 4.79 Å². The van der Waals surface area contributed by atoms with E-state index in [0.717, 1.165) is 16.8 Å². The van der Waals surface area contributed by atoms with Crippen LogP contribution in [0.25, 0.3) is 5.69 Å². The van der Waals surface area contributed by atoms with Gasteiger partial charge in [-0.1, -0.05) is 48.0 Å². The Morgan fingerprint density at radius 1 is 1.00 bits per heavy atom. The number of nitrogens with zero attached hydrogens (tertiary/aromatic N) is 2. The highest BCUT2D eigenvalue weighted by Gasteiger charge is 2.41. The van der Waals surface area contributed by atoms with Crippen LogP contribution in [0.2, 0.25) is 0 Å². The summed E-state index contributed by atoms with van der Waals surface area (Å²) in [7, 11) is 0. The Morgan fingerprint density at radius 3 is 2.44 bits per heavy atom. The molecule has 1 aromatic heterocycles. The van der Waals surface area contributed by atoms with E-state index in [4.69, 9.17) is 0 Å². The molecule has 3 aromatic carbocycles. The number of carbonyl (C=O) groups is 2. The predicted octanol–water partition coefficient (Wildman–Crippen LogP) is 4.51. The third-order valence-electron chi connectivity index (χ3n) is 6.07. The summed E-state index contributed by atoms with van der Waals surface area (Å²) in [6.07, 6.45) is 0. The highest BCUT2D eigenvalue weighted by molar-refractivity contribution is 6.04. The van der Waals surface area contributed by atoms with Gasteiger partial charge in [0.05, 0.1) is 11.4 Å². The van der Waals surface area contributed by atoms with Gasteiger partial charge in [0.25, 0.3) is 5.91 Å². The topological polar surface area (TPSA) is 76.0 Å². The Labute approximate surface area is 196 Å². The maximum atomic E-state index is 13.7. The quantitative estimate of drug-likeness (QED) is 0.476. The van der Waals surface area contributed by atoms with Gasteiger partial charge in [-0.15, -0.1) is 0 Å². The fraction of sp³-hybridized carbons (Fsp3) is 0.148. The summed E-state index contributed by atoms with van der Waals surface area (Å²) in [4.78, 5) is 26.5.